The Balaban J connectivity index is 0.000000561. The van der Waals surface area contributed by atoms with Crippen LogP contribution in [0.2, 0.25) is 0 Å². The molecule has 12 heavy (non-hydrogen) atoms. The van der Waals surface area contributed by atoms with Gasteiger partial charge < -0.3 is 9.69 Å². The molecule has 0 N–H and O–H groups in total. The van der Waals surface area contributed by atoms with E-state index in [0.29, 0.717) is 0 Å². The minimum Gasteiger partial charge on any atom is -0.363 e. The molecule has 0 aliphatic rings. The number of rotatable bonds is 1. The van der Waals surface area contributed by atoms with E-state index in [4.69, 9.17) is 4.79 Å². The molecule has 0 amide bonds. The first-order chi connectivity index (χ1) is 5.70. The Morgan fingerprint density at radius 1 is 1.33 bits per heavy atom. The van der Waals surface area contributed by atoms with Gasteiger partial charge in [-0.2, -0.15) is 0 Å². The summed E-state index contributed by atoms with van der Waals surface area (Å²) in [6.45, 7) is 3.99. The summed E-state index contributed by atoms with van der Waals surface area (Å²) in [5.74, 6) is 1.01. The van der Waals surface area contributed by atoms with Gasteiger partial charge in [0.1, 0.15) is 12.6 Å². The molecule has 0 unspecified atom stereocenters. The van der Waals surface area contributed by atoms with E-state index in [1.165, 1.54) is 0 Å². The first kappa shape index (κ1) is 10.6. The summed E-state index contributed by atoms with van der Waals surface area (Å²) in [4.78, 5) is 14.3. The predicted molar refractivity (Wildman–Crippen MR) is 50.4 cm³/mol. The number of hydrogen-bond donors (Lipinski definition) is 0. The van der Waals surface area contributed by atoms with Crippen LogP contribution in [-0.4, -0.2) is 25.9 Å². The molecule has 0 saturated heterocycles. The zero-order chi connectivity index (χ0) is 9.56. The van der Waals surface area contributed by atoms with Crippen LogP contribution >= 0.6 is 0 Å². The SMILES string of the molecule is C=O.Cc1cccc(N(C)C)n1. The molecule has 1 aromatic heterocycles. The first-order valence-corrected chi connectivity index (χ1v) is 3.60. The lowest BCUT2D eigenvalue weighted by atomic mass is 10.4. The molecule has 0 radical (unpaired) electrons. The Bertz CT molecular complexity index is 236. The number of anilines is 1. The van der Waals surface area contributed by atoms with Crippen LogP contribution in [0.3, 0.4) is 0 Å². The van der Waals surface area contributed by atoms with Crippen LogP contribution in [0, 0.1) is 6.92 Å². The van der Waals surface area contributed by atoms with E-state index in [0.717, 1.165) is 11.5 Å². The maximum absolute atomic E-state index is 8.00. The fraction of sp³-hybridized carbons (Fsp3) is 0.333. The average Bonchev–Trinajstić information content (AvgIpc) is 2.08. The Kier molecular flexibility index (Phi) is 4.69. The van der Waals surface area contributed by atoms with Crippen molar-refractivity contribution in [3.8, 4) is 0 Å². The monoisotopic (exact) mass is 166 g/mol. The molecule has 1 heterocycles. The molecule has 3 nitrogen and oxygen atoms in total. The molecule has 1 rings (SSSR count). The van der Waals surface area contributed by atoms with Crippen LogP contribution in [0.1, 0.15) is 5.69 Å². The molecule has 0 spiro atoms. The fourth-order valence-electron chi connectivity index (χ4n) is 0.778. The van der Waals surface area contributed by atoms with Gasteiger partial charge in [-0.1, -0.05) is 6.07 Å². The van der Waals surface area contributed by atoms with Crippen molar-refractivity contribution in [2.75, 3.05) is 19.0 Å². The summed E-state index contributed by atoms with van der Waals surface area (Å²) in [5, 5.41) is 0. The van der Waals surface area contributed by atoms with Crippen LogP contribution in [-0.2, 0) is 4.79 Å². The molecule has 0 aliphatic carbocycles. The number of pyridine rings is 1. The second-order valence-electron chi connectivity index (χ2n) is 2.53. The molecule has 0 fully saturated rings. The van der Waals surface area contributed by atoms with Crippen LogP contribution in [0.4, 0.5) is 5.82 Å². The maximum atomic E-state index is 8.00. The number of carbonyl (C=O) groups is 1. The normalized spacial score (nSPS) is 8.25. The highest BCUT2D eigenvalue weighted by Gasteiger charge is 1.93. The van der Waals surface area contributed by atoms with Crippen molar-refractivity contribution in [1.29, 1.82) is 0 Å². The van der Waals surface area contributed by atoms with E-state index in [1.54, 1.807) is 0 Å². The summed E-state index contributed by atoms with van der Waals surface area (Å²) in [7, 11) is 3.98. The zero-order valence-corrected chi connectivity index (χ0v) is 7.74. The number of aromatic nitrogens is 1. The van der Waals surface area contributed by atoms with Crippen molar-refractivity contribution in [3.05, 3.63) is 23.9 Å². The van der Waals surface area contributed by atoms with Gasteiger partial charge in [0.05, 0.1) is 0 Å². The van der Waals surface area contributed by atoms with Gasteiger partial charge in [-0.15, -0.1) is 0 Å². The summed E-state index contributed by atoms with van der Waals surface area (Å²) in [6, 6.07) is 6.00. The van der Waals surface area contributed by atoms with Crippen molar-refractivity contribution in [3.63, 3.8) is 0 Å². The summed E-state index contributed by atoms with van der Waals surface area (Å²) in [5.41, 5.74) is 1.06. The molecule has 0 aromatic carbocycles. The highest BCUT2D eigenvalue weighted by atomic mass is 16.1. The van der Waals surface area contributed by atoms with Crippen molar-refractivity contribution in [1.82, 2.24) is 4.98 Å². The summed E-state index contributed by atoms with van der Waals surface area (Å²) < 4.78 is 0. The van der Waals surface area contributed by atoms with Gasteiger partial charge in [0.15, 0.2) is 0 Å². The van der Waals surface area contributed by atoms with E-state index in [9.17, 15) is 0 Å². The number of nitrogens with zero attached hydrogens (tertiary/aromatic N) is 2. The lowest BCUT2D eigenvalue weighted by molar-refractivity contribution is -0.0979. The van der Waals surface area contributed by atoms with E-state index in [1.807, 2.05) is 50.9 Å². The molecule has 3 heteroatoms. The molecule has 66 valence electrons. The van der Waals surface area contributed by atoms with E-state index < -0.39 is 0 Å². The lowest BCUT2D eigenvalue weighted by Crippen LogP contribution is -2.10. The number of hydrogen-bond acceptors (Lipinski definition) is 3. The van der Waals surface area contributed by atoms with Crippen molar-refractivity contribution < 1.29 is 4.79 Å². The second-order valence-corrected chi connectivity index (χ2v) is 2.53. The van der Waals surface area contributed by atoms with Gasteiger partial charge in [0.2, 0.25) is 0 Å². The molecule has 0 saturated carbocycles. The highest BCUT2D eigenvalue weighted by molar-refractivity contribution is 5.36. The average molecular weight is 166 g/mol. The second kappa shape index (κ2) is 5.29. The minimum atomic E-state index is 1.01. The summed E-state index contributed by atoms with van der Waals surface area (Å²) >= 11 is 0. The third kappa shape index (κ3) is 3.14. The Labute approximate surface area is 73.0 Å². The number of carbonyl (C=O) groups excluding carboxylic acids is 1. The fourth-order valence-corrected chi connectivity index (χ4v) is 0.778. The van der Waals surface area contributed by atoms with Crippen molar-refractivity contribution >= 4 is 12.6 Å². The van der Waals surface area contributed by atoms with Crippen LogP contribution < -0.4 is 4.90 Å². The third-order valence-electron chi connectivity index (χ3n) is 1.33. The quantitative estimate of drug-likeness (QED) is 0.630. The Morgan fingerprint density at radius 3 is 2.25 bits per heavy atom. The molecular weight excluding hydrogens is 152 g/mol. The smallest absolute Gasteiger partial charge is 0.128 e. The van der Waals surface area contributed by atoms with Crippen LogP contribution in [0.25, 0.3) is 0 Å². The molecule has 0 aliphatic heterocycles. The van der Waals surface area contributed by atoms with E-state index >= 15 is 0 Å². The molecule has 0 bridgehead atoms. The molecule has 0 atom stereocenters. The van der Waals surface area contributed by atoms with Crippen LogP contribution in [0.5, 0.6) is 0 Å². The summed E-state index contributed by atoms with van der Waals surface area (Å²) in [6.07, 6.45) is 0. The van der Waals surface area contributed by atoms with Gasteiger partial charge in [-0.25, -0.2) is 4.98 Å². The van der Waals surface area contributed by atoms with Crippen LogP contribution in [0.15, 0.2) is 18.2 Å². The Morgan fingerprint density at radius 2 is 1.92 bits per heavy atom. The topological polar surface area (TPSA) is 33.2 Å². The lowest BCUT2D eigenvalue weighted by Gasteiger charge is -2.10. The van der Waals surface area contributed by atoms with Gasteiger partial charge in [-0.05, 0) is 19.1 Å². The van der Waals surface area contributed by atoms with Crippen molar-refractivity contribution in [2.24, 2.45) is 0 Å². The van der Waals surface area contributed by atoms with E-state index in [-0.39, 0.29) is 0 Å². The number of aryl methyl sites for hydroxylation is 1. The van der Waals surface area contributed by atoms with Gasteiger partial charge in [-0.3, -0.25) is 0 Å². The molecular formula is C9H14N2O. The van der Waals surface area contributed by atoms with Gasteiger partial charge in [0, 0.05) is 19.8 Å². The van der Waals surface area contributed by atoms with Gasteiger partial charge >= 0.3 is 0 Å². The van der Waals surface area contributed by atoms with Crippen molar-refractivity contribution in [2.45, 2.75) is 6.92 Å². The third-order valence-corrected chi connectivity index (χ3v) is 1.33. The highest BCUT2D eigenvalue weighted by Crippen LogP contribution is 2.05. The first-order valence-electron chi connectivity index (χ1n) is 3.60. The zero-order valence-electron chi connectivity index (χ0n) is 7.74. The standard InChI is InChI=1S/C8H12N2.CH2O/c1-7-5-4-6-8(9-7)10(2)3;1-2/h4-6H,1-3H3;1H2. The Hall–Kier alpha value is -1.38. The predicted octanol–water partition coefficient (Wildman–Crippen LogP) is 1.27. The molecule has 1 aromatic rings. The minimum absolute atomic E-state index is 1.01. The largest absolute Gasteiger partial charge is 0.363 e. The van der Waals surface area contributed by atoms with Gasteiger partial charge in [0.25, 0.3) is 0 Å². The van der Waals surface area contributed by atoms with E-state index in [2.05, 4.69) is 4.98 Å². The maximum Gasteiger partial charge on any atom is 0.128 e.